The van der Waals surface area contributed by atoms with Crippen LogP contribution in [0.15, 0.2) is 70.3 Å². The molecule has 1 aliphatic carbocycles. The normalized spacial score (nSPS) is 19.2. The van der Waals surface area contributed by atoms with E-state index in [0.717, 1.165) is 18.5 Å². The zero-order valence-corrected chi connectivity index (χ0v) is 25.5. The number of aromatic nitrogens is 6. The van der Waals surface area contributed by atoms with Crippen molar-refractivity contribution in [3.05, 3.63) is 93.4 Å². The minimum absolute atomic E-state index is 0.174. The van der Waals surface area contributed by atoms with Gasteiger partial charge in [-0.25, -0.2) is 18.5 Å². The van der Waals surface area contributed by atoms with E-state index in [0.29, 0.717) is 75.4 Å². The number of rotatable bonds is 5. The molecule has 1 fully saturated rings. The Kier molecular flexibility index (Phi) is 7.56. The van der Waals surface area contributed by atoms with E-state index in [-0.39, 0.29) is 11.8 Å². The van der Waals surface area contributed by atoms with Crippen molar-refractivity contribution in [1.82, 2.24) is 29.8 Å². The van der Waals surface area contributed by atoms with Crippen LogP contribution < -0.4 is 10.9 Å². The molecule has 1 unspecified atom stereocenters. The van der Waals surface area contributed by atoms with Gasteiger partial charge in [0.15, 0.2) is 6.30 Å². The molecular weight excluding hydrogens is 597 g/mol. The molecule has 0 saturated heterocycles. The number of amides is 1. The van der Waals surface area contributed by atoms with Crippen molar-refractivity contribution in [2.24, 2.45) is 5.92 Å². The number of carbonyl (C=O) groups is 1. The summed E-state index contributed by atoms with van der Waals surface area (Å²) in [5.74, 6) is -0.132. The monoisotopic (exact) mass is 627 g/mol. The van der Waals surface area contributed by atoms with E-state index >= 15 is 0 Å². The SMILES string of the molecule is CC(F)n1ncc2c1-c1ccnc(c1)[C@H](c1ccc(-c3cc(Cl)ccc3-n3cc(C4CC4)nn3)oc1=O)CCC[C@@H](C)C(=O)N2. The van der Waals surface area contributed by atoms with Crippen LogP contribution in [0.4, 0.5) is 10.1 Å². The Morgan fingerprint density at radius 3 is 2.69 bits per heavy atom. The summed E-state index contributed by atoms with van der Waals surface area (Å²) in [5.41, 5.74) is 4.28. The van der Waals surface area contributed by atoms with Gasteiger partial charge in [-0.05, 0) is 75.1 Å². The molecule has 10 nitrogen and oxygen atoms in total. The number of nitrogens with zero attached hydrogens (tertiary/aromatic N) is 6. The Balaban J connectivity index is 1.30. The minimum Gasteiger partial charge on any atom is -0.422 e. The molecule has 45 heavy (non-hydrogen) atoms. The number of pyridine rings is 1. The zero-order chi connectivity index (χ0) is 31.2. The molecular formula is C33H31ClFN7O3. The molecule has 1 aromatic carbocycles. The van der Waals surface area contributed by atoms with Crippen molar-refractivity contribution >= 4 is 23.2 Å². The third-order valence-electron chi connectivity index (χ3n) is 8.59. The van der Waals surface area contributed by atoms with Crippen molar-refractivity contribution in [3.8, 4) is 28.3 Å². The van der Waals surface area contributed by atoms with Gasteiger partial charge in [0, 0.05) is 51.4 Å². The summed E-state index contributed by atoms with van der Waals surface area (Å²) < 4.78 is 23.5. The van der Waals surface area contributed by atoms with Crippen LogP contribution in [0.1, 0.15) is 81.0 Å². The van der Waals surface area contributed by atoms with Crippen LogP contribution in [0, 0.1) is 5.92 Å². The Morgan fingerprint density at radius 1 is 1.07 bits per heavy atom. The molecule has 2 bridgehead atoms. The smallest absolute Gasteiger partial charge is 0.340 e. The standard InChI is InChI=1S/C33H31ClFN7O3/c1-18-4-3-5-23(26-14-21(12-13-36-26)31-27(38-32(18)43)16-37-42(31)19(2)35)24-9-11-30(45-33(24)44)25-15-22(34)8-10-29(25)41-17-28(39-40-41)20-6-7-20/h8-20,23H,3-7H2,1-2H3,(H,38,43)/t18-,19?,23+/m1/s1. The second kappa shape index (κ2) is 11.7. The van der Waals surface area contributed by atoms with Crippen LogP contribution >= 0.6 is 11.6 Å². The first-order valence-corrected chi connectivity index (χ1v) is 15.5. The van der Waals surface area contributed by atoms with E-state index < -0.39 is 17.8 Å². The Morgan fingerprint density at radius 2 is 1.91 bits per heavy atom. The van der Waals surface area contributed by atoms with Gasteiger partial charge in [-0.15, -0.1) is 5.10 Å². The maximum absolute atomic E-state index is 14.6. The van der Waals surface area contributed by atoms with Gasteiger partial charge in [-0.3, -0.25) is 9.78 Å². The van der Waals surface area contributed by atoms with Gasteiger partial charge >= 0.3 is 5.63 Å². The molecule has 7 rings (SSSR count). The molecule has 4 aromatic heterocycles. The molecule has 2 aliphatic rings. The van der Waals surface area contributed by atoms with Gasteiger partial charge in [0.2, 0.25) is 5.91 Å². The maximum Gasteiger partial charge on any atom is 0.340 e. The number of alkyl halides is 1. The minimum atomic E-state index is -1.43. The van der Waals surface area contributed by atoms with Crippen LogP contribution in [0.2, 0.25) is 5.02 Å². The van der Waals surface area contributed by atoms with Gasteiger partial charge < -0.3 is 9.73 Å². The lowest BCUT2D eigenvalue weighted by atomic mass is 9.88. The first-order chi connectivity index (χ1) is 21.8. The van der Waals surface area contributed by atoms with Gasteiger partial charge in [0.25, 0.3) is 0 Å². The van der Waals surface area contributed by atoms with Crippen molar-refractivity contribution < 1.29 is 13.6 Å². The third-order valence-corrected chi connectivity index (χ3v) is 8.82. The largest absolute Gasteiger partial charge is 0.422 e. The fourth-order valence-corrected chi connectivity index (χ4v) is 6.14. The van der Waals surface area contributed by atoms with Gasteiger partial charge in [-0.2, -0.15) is 5.10 Å². The highest BCUT2D eigenvalue weighted by molar-refractivity contribution is 6.31. The molecule has 0 spiro atoms. The van der Waals surface area contributed by atoms with Crippen molar-refractivity contribution in [1.29, 1.82) is 0 Å². The predicted molar refractivity (Wildman–Crippen MR) is 167 cm³/mol. The highest BCUT2D eigenvalue weighted by Gasteiger charge is 2.28. The summed E-state index contributed by atoms with van der Waals surface area (Å²) in [4.78, 5) is 31.4. The summed E-state index contributed by atoms with van der Waals surface area (Å²) in [6.45, 7) is 3.23. The fraction of sp³-hybridized carbons (Fsp3) is 0.333. The highest BCUT2D eigenvalue weighted by Crippen LogP contribution is 2.40. The molecule has 1 saturated carbocycles. The molecule has 12 heteroatoms. The average Bonchev–Trinajstić information content (AvgIpc) is 3.60. The van der Waals surface area contributed by atoms with Crippen molar-refractivity contribution in [2.75, 3.05) is 5.32 Å². The summed E-state index contributed by atoms with van der Waals surface area (Å²) in [6.07, 6.45) is 7.56. The van der Waals surface area contributed by atoms with E-state index in [1.54, 1.807) is 41.2 Å². The molecule has 1 amide bonds. The molecule has 1 N–H and O–H groups in total. The van der Waals surface area contributed by atoms with Crippen molar-refractivity contribution in [3.63, 3.8) is 0 Å². The van der Waals surface area contributed by atoms with Crippen molar-refractivity contribution in [2.45, 2.75) is 64.1 Å². The van der Waals surface area contributed by atoms with Crippen LogP contribution in [-0.4, -0.2) is 35.7 Å². The van der Waals surface area contributed by atoms with E-state index in [1.165, 1.54) is 17.8 Å². The molecule has 5 aromatic rings. The lowest BCUT2D eigenvalue weighted by Crippen LogP contribution is -2.22. The molecule has 5 heterocycles. The molecule has 0 radical (unpaired) electrons. The highest BCUT2D eigenvalue weighted by atomic mass is 35.5. The van der Waals surface area contributed by atoms with E-state index in [1.807, 2.05) is 25.3 Å². The number of anilines is 1. The number of carbonyl (C=O) groups excluding carboxylic acids is 1. The molecule has 3 atom stereocenters. The van der Waals surface area contributed by atoms with E-state index in [2.05, 4.69) is 25.7 Å². The first kappa shape index (κ1) is 29.1. The fourth-order valence-electron chi connectivity index (χ4n) is 5.97. The second-order valence-electron chi connectivity index (χ2n) is 11.8. The number of fused-ring (bicyclic) bond motifs is 4. The zero-order valence-electron chi connectivity index (χ0n) is 24.8. The van der Waals surface area contributed by atoms with Crippen LogP contribution in [0.5, 0.6) is 0 Å². The van der Waals surface area contributed by atoms with Gasteiger partial charge in [0.05, 0.1) is 35.2 Å². The number of halogens is 2. The number of hydrogen-bond acceptors (Lipinski definition) is 7. The van der Waals surface area contributed by atoms with E-state index in [9.17, 15) is 14.0 Å². The van der Waals surface area contributed by atoms with Crippen LogP contribution in [0.3, 0.4) is 0 Å². The van der Waals surface area contributed by atoms with Gasteiger partial charge in [0.1, 0.15) is 5.76 Å². The lowest BCUT2D eigenvalue weighted by Gasteiger charge is -2.20. The topological polar surface area (TPSA) is 121 Å². The number of benzene rings is 1. The average molecular weight is 628 g/mol. The van der Waals surface area contributed by atoms with Crippen LogP contribution in [0.25, 0.3) is 28.3 Å². The molecule has 230 valence electrons. The van der Waals surface area contributed by atoms with Gasteiger partial charge in [-0.1, -0.05) is 30.2 Å². The van der Waals surface area contributed by atoms with E-state index in [4.69, 9.17) is 16.0 Å². The quantitative estimate of drug-likeness (QED) is 0.221. The summed E-state index contributed by atoms with van der Waals surface area (Å²) in [6, 6.07) is 12.4. The summed E-state index contributed by atoms with van der Waals surface area (Å²) in [5, 5.41) is 16.3. The number of hydrogen-bond donors (Lipinski definition) is 1. The maximum atomic E-state index is 14.6. The third kappa shape index (κ3) is 5.68. The second-order valence-corrected chi connectivity index (χ2v) is 12.3. The van der Waals surface area contributed by atoms with Crippen LogP contribution in [-0.2, 0) is 4.79 Å². The first-order valence-electron chi connectivity index (χ1n) is 15.1. The molecule has 1 aliphatic heterocycles. The Hall–Kier alpha value is -4.64. The number of nitrogens with one attached hydrogen (secondary N) is 1. The Labute approximate surface area is 263 Å². The lowest BCUT2D eigenvalue weighted by molar-refractivity contribution is -0.119. The Bertz CT molecular complexity index is 1960. The summed E-state index contributed by atoms with van der Waals surface area (Å²) in [7, 11) is 0. The summed E-state index contributed by atoms with van der Waals surface area (Å²) >= 11 is 6.39. The predicted octanol–water partition coefficient (Wildman–Crippen LogP) is 7.06.